The van der Waals surface area contributed by atoms with Gasteiger partial charge in [0.1, 0.15) is 6.04 Å². The number of carbonyl (C=O) groups is 2. The van der Waals surface area contributed by atoms with Crippen molar-refractivity contribution in [3.63, 3.8) is 0 Å². The second kappa shape index (κ2) is 6.55. The lowest BCUT2D eigenvalue weighted by atomic mass is 10.1. The van der Waals surface area contributed by atoms with Crippen molar-refractivity contribution in [2.75, 3.05) is 25.1 Å². The van der Waals surface area contributed by atoms with Gasteiger partial charge in [-0.2, -0.15) is 0 Å². The number of primary amides is 1. The van der Waals surface area contributed by atoms with Crippen molar-refractivity contribution in [2.45, 2.75) is 19.1 Å². The van der Waals surface area contributed by atoms with Crippen LogP contribution in [-0.4, -0.2) is 47.7 Å². The molecular weight excluding hydrogens is 274 g/mol. The first-order valence-corrected chi connectivity index (χ1v) is 6.71. The zero-order valence-electron chi connectivity index (χ0n) is 11.8. The summed E-state index contributed by atoms with van der Waals surface area (Å²) in [4.78, 5) is 24.9. The molecule has 7 nitrogen and oxygen atoms in total. The molecule has 1 aromatic rings. The van der Waals surface area contributed by atoms with Gasteiger partial charge in [-0.15, -0.1) is 0 Å². The summed E-state index contributed by atoms with van der Waals surface area (Å²) in [6, 6.07) is 5.69. The third-order valence-corrected chi connectivity index (χ3v) is 3.36. The van der Waals surface area contributed by atoms with Gasteiger partial charge in [0.15, 0.2) is 0 Å². The number of urea groups is 1. The minimum absolute atomic E-state index is 0.115. The number of benzene rings is 1. The Kier molecular flexibility index (Phi) is 4.77. The lowest BCUT2D eigenvalue weighted by Crippen LogP contribution is -2.55. The Hall–Kier alpha value is -2.12. The van der Waals surface area contributed by atoms with E-state index >= 15 is 0 Å². The average Bonchev–Trinajstić information content (AvgIpc) is 2.47. The zero-order valence-corrected chi connectivity index (χ0v) is 11.8. The Labute approximate surface area is 122 Å². The molecule has 0 bridgehead atoms. The Morgan fingerprint density at radius 3 is 2.67 bits per heavy atom. The predicted octanol–water partition coefficient (Wildman–Crippen LogP) is 0.458. The van der Waals surface area contributed by atoms with Gasteiger partial charge in [0, 0.05) is 12.2 Å². The maximum atomic E-state index is 12.2. The van der Waals surface area contributed by atoms with E-state index < -0.39 is 24.1 Å². The molecule has 114 valence electrons. The SMILES string of the molecule is CC(O)c1ccc(NC(=O)N2CCOCC2C(N)=O)cc1. The third-order valence-electron chi connectivity index (χ3n) is 3.36. The van der Waals surface area contributed by atoms with E-state index in [9.17, 15) is 14.7 Å². The van der Waals surface area contributed by atoms with E-state index in [1.807, 2.05) is 0 Å². The second-order valence-electron chi connectivity index (χ2n) is 4.91. The van der Waals surface area contributed by atoms with Gasteiger partial charge in [-0.25, -0.2) is 4.79 Å². The van der Waals surface area contributed by atoms with Gasteiger partial charge in [0.2, 0.25) is 5.91 Å². The molecule has 0 radical (unpaired) electrons. The minimum atomic E-state index is -0.754. The molecule has 2 atom stereocenters. The maximum Gasteiger partial charge on any atom is 0.322 e. The van der Waals surface area contributed by atoms with Crippen molar-refractivity contribution in [3.05, 3.63) is 29.8 Å². The smallest absolute Gasteiger partial charge is 0.322 e. The van der Waals surface area contributed by atoms with Gasteiger partial charge in [0.25, 0.3) is 0 Å². The number of aliphatic hydroxyl groups excluding tert-OH is 1. The number of hydrogen-bond acceptors (Lipinski definition) is 4. The van der Waals surface area contributed by atoms with Crippen LogP contribution in [0.2, 0.25) is 0 Å². The first-order valence-electron chi connectivity index (χ1n) is 6.71. The highest BCUT2D eigenvalue weighted by atomic mass is 16.5. The fourth-order valence-electron chi connectivity index (χ4n) is 2.12. The topological polar surface area (TPSA) is 105 Å². The lowest BCUT2D eigenvalue weighted by Gasteiger charge is -2.33. The van der Waals surface area contributed by atoms with Crippen LogP contribution in [0, 0.1) is 0 Å². The molecular formula is C14H19N3O4. The molecule has 1 fully saturated rings. The van der Waals surface area contributed by atoms with E-state index in [4.69, 9.17) is 10.5 Å². The van der Waals surface area contributed by atoms with E-state index in [-0.39, 0.29) is 6.61 Å². The van der Waals surface area contributed by atoms with Crippen LogP contribution in [0.25, 0.3) is 0 Å². The monoisotopic (exact) mass is 293 g/mol. The van der Waals surface area contributed by atoms with Crippen LogP contribution in [0.3, 0.4) is 0 Å². The average molecular weight is 293 g/mol. The highest BCUT2D eigenvalue weighted by Gasteiger charge is 2.31. The summed E-state index contributed by atoms with van der Waals surface area (Å²) in [5.41, 5.74) is 6.61. The molecule has 4 N–H and O–H groups in total. The number of ether oxygens (including phenoxy) is 1. The zero-order chi connectivity index (χ0) is 15.4. The van der Waals surface area contributed by atoms with Crippen LogP contribution < -0.4 is 11.1 Å². The number of carbonyl (C=O) groups excluding carboxylic acids is 2. The van der Waals surface area contributed by atoms with E-state index in [0.717, 1.165) is 5.56 Å². The molecule has 3 amide bonds. The first kappa shape index (κ1) is 15.3. The van der Waals surface area contributed by atoms with Gasteiger partial charge in [0.05, 0.1) is 19.3 Å². The molecule has 1 heterocycles. The van der Waals surface area contributed by atoms with E-state index in [0.29, 0.717) is 18.8 Å². The van der Waals surface area contributed by atoms with Crippen molar-refractivity contribution in [3.8, 4) is 0 Å². The molecule has 2 unspecified atom stereocenters. The van der Waals surface area contributed by atoms with Gasteiger partial charge in [-0.3, -0.25) is 4.79 Å². The van der Waals surface area contributed by atoms with Crippen molar-refractivity contribution in [2.24, 2.45) is 5.73 Å². The van der Waals surface area contributed by atoms with Crippen molar-refractivity contribution < 1.29 is 19.4 Å². The Balaban J connectivity index is 2.04. The van der Waals surface area contributed by atoms with Crippen LogP contribution in [0.5, 0.6) is 0 Å². The molecule has 21 heavy (non-hydrogen) atoms. The standard InChI is InChI=1S/C14H19N3O4/c1-9(18)10-2-4-11(5-3-10)16-14(20)17-6-7-21-8-12(17)13(15)19/h2-5,9,12,18H,6-8H2,1H3,(H2,15,19)(H,16,20). The number of hydrogen-bond donors (Lipinski definition) is 3. The summed E-state index contributed by atoms with van der Waals surface area (Å²) in [6.45, 7) is 2.46. The molecule has 1 aromatic carbocycles. The van der Waals surface area contributed by atoms with Crippen LogP contribution in [0.15, 0.2) is 24.3 Å². The number of amides is 3. The van der Waals surface area contributed by atoms with Crippen LogP contribution in [0.1, 0.15) is 18.6 Å². The number of nitrogens with one attached hydrogen (secondary N) is 1. The van der Waals surface area contributed by atoms with Gasteiger partial charge < -0.3 is 25.8 Å². The molecule has 1 aliphatic heterocycles. The van der Waals surface area contributed by atoms with Crippen molar-refractivity contribution in [1.82, 2.24) is 4.90 Å². The van der Waals surface area contributed by atoms with Crippen LogP contribution in [0.4, 0.5) is 10.5 Å². The molecule has 0 spiro atoms. The second-order valence-corrected chi connectivity index (χ2v) is 4.91. The minimum Gasteiger partial charge on any atom is -0.389 e. The van der Waals surface area contributed by atoms with E-state index in [1.54, 1.807) is 31.2 Å². The van der Waals surface area contributed by atoms with Crippen LogP contribution in [-0.2, 0) is 9.53 Å². The predicted molar refractivity (Wildman–Crippen MR) is 76.6 cm³/mol. The van der Waals surface area contributed by atoms with E-state index in [1.165, 1.54) is 4.90 Å². The Bertz CT molecular complexity index is 515. The highest BCUT2D eigenvalue weighted by molar-refractivity contribution is 5.93. The van der Waals surface area contributed by atoms with Gasteiger partial charge in [-0.05, 0) is 24.6 Å². The van der Waals surface area contributed by atoms with Crippen molar-refractivity contribution >= 4 is 17.6 Å². The largest absolute Gasteiger partial charge is 0.389 e. The van der Waals surface area contributed by atoms with Gasteiger partial charge in [-0.1, -0.05) is 12.1 Å². The molecule has 1 saturated heterocycles. The maximum absolute atomic E-state index is 12.2. The lowest BCUT2D eigenvalue weighted by molar-refractivity contribution is -0.126. The highest BCUT2D eigenvalue weighted by Crippen LogP contribution is 2.17. The van der Waals surface area contributed by atoms with E-state index in [2.05, 4.69) is 5.32 Å². The van der Waals surface area contributed by atoms with Gasteiger partial charge >= 0.3 is 6.03 Å². The molecule has 1 aliphatic rings. The summed E-state index contributed by atoms with van der Waals surface area (Å²) in [5.74, 6) is -0.589. The number of rotatable bonds is 3. The molecule has 7 heteroatoms. The Morgan fingerprint density at radius 2 is 2.10 bits per heavy atom. The summed E-state index contributed by atoms with van der Waals surface area (Å²) in [6.07, 6.45) is -0.562. The summed E-state index contributed by atoms with van der Waals surface area (Å²) >= 11 is 0. The molecule has 0 aliphatic carbocycles. The van der Waals surface area contributed by atoms with Crippen LogP contribution >= 0.6 is 0 Å². The number of nitrogens with two attached hydrogens (primary N) is 1. The molecule has 0 saturated carbocycles. The number of aliphatic hydroxyl groups is 1. The fourth-order valence-corrected chi connectivity index (χ4v) is 2.12. The summed E-state index contributed by atoms with van der Waals surface area (Å²) < 4.78 is 5.17. The number of nitrogens with zero attached hydrogens (tertiary/aromatic N) is 1. The summed E-state index contributed by atoms with van der Waals surface area (Å²) in [5, 5.41) is 12.1. The Morgan fingerprint density at radius 1 is 1.43 bits per heavy atom. The quantitative estimate of drug-likeness (QED) is 0.752. The first-order chi connectivity index (χ1) is 9.99. The normalized spacial score (nSPS) is 19.9. The molecule has 2 rings (SSSR count). The summed E-state index contributed by atoms with van der Waals surface area (Å²) in [7, 11) is 0. The number of anilines is 1. The third kappa shape index (κ3) is 3.71. The molecule has 0 aromatic heterocycles. The number of morpholine rings is 1. The fraction of sp³-hybridized carbons (Fsp3) is 0.429. The van der Waals surface area contributed by atoms with Crippen molar-refractivity contribution in [1.29, 1.82) is 0 Å².